The molecule has 0 spiro atoms. The van der Waals surface area contributed by atoms with Crippen molar-refractivity contribution in [3.05, 3.63) is 139 Å². The predicted octanol–water partition coefficient (Wildman–Crippen LogP) is 15.3. The fraction of sp³-hybridized carbons (Fsp3) is 0.438. The van der Waals surface area contributed by atoms with E-state index in [4.69, 9.17) is 24.7 Å². The van der Waals surface area contributed by atoms with Crippen LogP contribution >= 0.6 is 0 Å². The molecule has 384 valence electrons. The Hall–Kier alpha value is -6.36. The van der Waals surface area contributed by atoms with E-state index in [1.807, 2.05) is 0 Å². The number of fused-ring (bicyclic) bond motifs is 19. The van der Waals surface area contributed by atoms with Gasteiger partial charge in [0.15, 0.2) is 0 Å². The Balaban J connectivity index is 1.21. The van der Waals surface area contributed by atoms with Gasteiger partial charge in [-0.1, -0.05) is 62.3 Å². The van der Waals surface area contributed by atoms with Gasteiger partial charge >= 0.3 is 0 Å². The Bertz CT molecular complexity index is 3800. The molecule has 11 rings (SSSR count). The standard InChI is InChI=1S/C64H76N8O2/c1-16-39-33(9)45-24-53-41(18-3)37(13)49(69-53)28-58-62(73,22-7)61(15,57(71-58)30-55-43(20-5)35(11)47(67-55)26-51(39)65-45)32-64-60-31-56-44(21-6)36(12)48(68-56)27-52-40(17-2)34(10)46(66-52)25-54-42(19-4)38(14)50(70-54)29-59(72-60)63(64,23-8)74-64/h24-31,67-70,73H,16-23,32H2,1-15H3. The number of nitrogens with zero attached hydrogens (tertiary/aromatic N) is 4. The maximum Gasteiger partial charge on any atom is 0.147 e. The van der Waals surface area contributed by atoms with Crippen LogP contribution in [0.15, 0.2) is 48.5 Å². The first-order valence-electron chi connectivity index (χ1n) is 27.7. The number of rotatable bonds is 10. The second kappa shape index (κ2) is 17.6. The predicted molar refractivity (Wildman–Crippen MR) is 305 cm³/mol. The van der Waals surface area contributed by atoms with Gasteiger partial charge in [-0.3, -0.25) is 9.97 Å². The molecule has 4 unspecified atom stereocenters. The van der Waals surface area contributed by atoms with E-state index in [0.29, 0.717) is 25.0 Å². The molecule has 5 N–H and O–H groups in total. The van der Waals surface area contributed by atoms with Crippen LogP contribution in [0.2, 0.25) is 0 Å². The maximum atomic E-state index is 14.0. The number of nitrogens with one attached hydrogen (secondary N) is 4. The summed E-state index contributed by atoms with van der Waals surface area (Å²) in [6.45, 7) is 33.2. The third-order valence-corrected chi connectivity index (χ3v) is 18.7. The third kappa shape index (κ3) is 6.88. The Labute approximate surface area is 436 Å². The zero-order chi connectivity index (χ0) is 52.6. The number of aliphatic hydroxyl groups is 1. The van der Waals surface area contributed by atoms with Crippen LogP contribution in [0.4, 0.5) is 0 Å². The first-order chi connectivity index (χ1) is 35.4. The van der Waals surface area contributed by atoms with Gasteiger partial charge in [0, 0.05) is 49.5 Å². The number of H-pyrrole nitrogens is 4. The van der Waals surface area contributed by atoms with Crippen molar-refractivity contribution in [2.24, 2.45) is 0 Å². The van der Waals surface area contributed by atoms with Crippen LogP contribution in [-0.4, -0.2) is 45.0 Å². The lowest BCUT2D eigenvalue weighted by molar-refractivity contribution is -0.0489. The number of aryl methyl sites for hydroxylation is 8. The molecule has 16 bridgehead atoms. The molecule has 5 aliphatic rings. The second-order valence-corrected chi connectivity index (χ2v) is 22.1. The van der Waals surface area contributed by atoms with Gasteiger partial charge in [0.05, 0.1) is 45.6 Å². The van der Waals surface area contributed by atoms with Crippen LogP contribution in [0.25, 0.3) is 66.4 Å². The second-order valence-electron chi connectivity index (χ2n) is 22.1. The van der Waals surface area contributed by atoms with Gasteiger partial charge in [0.2, 0.25) is 0 Å². The molecule has 0 aliphatic carbocycles. The van der Waals surface area contributed by atoms with Crippen LogP contribution < -0.4 is 0 Å². The normalized spacial score (nSPS) is 22.3. The van der Waals surface area contributed by atoms with E-state index in [9.17, 15) is 5.11 Å². The zero-order valence-electron chi connectivity index (χ0n) is 46.6. The Kier molecular flexibility index (Phi) is 11.9. The van der Waals surface area contributed by atoms with Gasteiger partial charge in [-0.2, -0.15) is 0 Å². The largest absolute Gasteiger partial charge is 0.383 e. The van der Waals surface area contributed by atoms with Crippen LogP contribution in [-0.2, 0) is 52.6 Å². The number of aromatic nitrogens is 8. The zero-order valence-corrected chi connectivity index (χ0v) is 46.6. The highest BCUT2D eigenvalue weighted by Gasteiger charge is 2.78. The lowest BCUT2D eigenvalue weighted by atomic mass is 9.63. The number of hydrogen-bond acceptors (Lipinski definition) is 6. The average molecular weight is 989 g/mol. The van der Waals surface area contributed by atoms with Crippen LogP contribution in [0.1, 0.15) is 198 Å². The molecule has 6 aromatic heterocycles. The summed E-state index contributed by atoms with van der Waals surface area (Å²) in [5, 5.41) is 14.0. The van der Waals surface area contributed by atoms with Crippen molar-refractivity contribution in [3.63, 3.8) is 0 Å². The molecule has 10 heteroatoms. The van der Waals surface area contributed by atoms with Gasteiger partial charge < -0.3 is 29.8 Å². The molecule has 0 amide bonds. The van der Waals surface area contributed by atoms with E-state index in [2.05, 4.69) is 172 Å². The van der Waals surface area contributed by atoms with Crippen LogP contribution in [0.5, 0.6) is 0 Å². The molecule has 6 aromatic rings. The maximum absolute atomic E-state index is 14.0. The molecule has 74 heavy (non-hydrogen) atoms. The summed E-state index contributed by atoms with van der Waals surface area (Å²) >= 11 is 0. The lowest BCUT2D eigenvalue weighted by Crippen LogP contribution is -2.46. The van der Waals surface area contributed by atoms with Crippen molar-refractivity contribution in [3.8, 4) is 0 Å². The van der Waals surface area contributed by atoms with E-state index in [-0.39, 0.29) is 0 Å². The van der Waals surface area contributed by atoms with Crippen molar-refractivity contribution >= 4 is 66.4 Å². The molecule has 5 aliphatic heterocycles. The van der Waals surface area contributed by atoms with Gasteiger partial charge in [0.25, 0.3) is 0 Å². The van der Waals surface area contributed by atoms with Crippen LogP contribution in [0.3, 0.4) is 0 Å². The summed E-state index contributed by atoms with van der Waals surface area (Å²) in [6.07, 6.45) is 6.69. The average Bonchev–Trinajstić information content (AvgIpc) is 4.10. The van der Waals surface area contributed by atoms with Crippen molar-refractivity contribution < 1.29 is 9.84 Å². The summed E-state index contributed by atoms with van der Waals surface area (Å²) in [6, 6.07) is 17.8. The first kappa shape index (κ1) is 49.8. The smallest absolute Gasteiger partial charge is 0.147 e. The van der Waals surface area contributed by atoms with E-state index in [0.717, 1.165) is 128 Å². The van der Waals surface area contributed by atoms with Gasteiger partial charge in [0.1, 0.15) is 16.8 Å². The molecular weight excluding hydrogens is 913 g/mol. The Morgan fingerprint density at radius 3 is 1.16 bits per heavy atom. The quantitative estimate of drug-likeness (QED) is 0.0864. The summed E-state index contributed by atoms with van der Waals surface area (Å²) in [5.41, 5.74) is 26.1. The summed E-state index contributed by atoms with van der Waals surface area (Å²) < 4.78 is 7.54. The van der Waals surface area contributed by atoms with Crippen molar-refractivity contribution in [1.29, 1.82) is 0 Å². The van der Waals surface area contributed by atoms with Gasteiger partial charge in [-0.05, 0) is 215 Å². The highest BCUT2D eigenvalue weighted by atomic mass is 16.6. The number of epoxide rings is 1. The summed E-state index contributed by atoms with van der Waals surface area (Å²) in [4.78, 5) is 37.5. The Morgan fingerprint density at radius 1 is 0.405 bits per heavy atom. The molecule has 0 aromatic carbocycles. The first-order valence-corrected chi connectivity index (χ1v) is 27.7. The van der Waals surface area contributed by atoms with E-state index >= 15 is 0 Å². The molecule has 1 saturated heterocycles. The molecule has 4 atom stereocenters. The lowest BCUT2D eigenvalue weighted by Gasteiger charge is -2.40. The molecule has 1 fully saturated rings. The minimum absolute atomic E-state index is 0.429. The van der Waals surface area contributed by atoms with Crippen molar-refractivity contribution in [1.82, 2.24) is 39.9 Å². The van der Waals surface area contributed by atoms with Crippen molar-refractivity contribution in [2.45, 2.75) is 184 Å². The minimum atomic E-state index is -1.40. The van der Waals surface area contributed by atoms with E-state index < -0.39 is 22.2 Å². The van der Waals surface area contributed by atoms with Gasteiger partial charge in [-0.15, -0.1) is 0 Å². The highest BCUT2D eigenvalue weighted by molar-refractivity contribution is 5.94. The number of aromatic amines is 4. The van der Waals surface area contributed by atoms with Crippen LogP contribution in [0, 0.1) is 27.7 Å². The monoisotopic (exact) mass is 989 g/mol. The molecule has 11 heterocycles. The van der Waals surface area contributed by atoms with Crippen molar-refractivity contribution in [2.75, 3.05) is 0 Å². The number of hydrogen-bond donors (Lipinski definition) is 5. The Morgan fingerprint density at radius 2 is 0.757 bits per heavy atom. The molecule has 10 nitrogen and oxygen atoms in total. The highest BCUT2D eigenvalue weighted by Crippen LogP contribution is 2.72. The number of ether oxygens (including phenoxy) is 1. The number of allylic oxidation sites excluding steroid dienone is 4. The third-order valence-electron chi connectivity index (χ3n) is 18.7. The summed E-state index contributed by atoms with van der Waals surface area (Å²) in [5.74, 6) is 0. The SMILES string of the molecule is CCC1=C(C)c2cc3[nH]c(cc4nc(cc5[nH]c(cc1n2)c(C)c5CC)C(C)(CC12OC1(CC)c1cc5[nH]c(cc6nc(cc7[nH]c(cc2n1)c(CC)c7C)C(CC)=C6C)c(CC)c5C)C4(O)CC)c(C)c3CC. The van der Waals surface area contributed by atoms with E-state index in [1.54, 1.807) is 0 Å². The molecule has 0 saturated carbocycles. The van der Waals surface area contributed by atoms with Gasteiger partial charge in [-0.25, -0.2) is 9.97 Å². The molecular formula is C64H76N8O2. The fourth-order valence-corrected chi connectivity index (χ4v) is 14.1. The molecule has 0 radical (unpaired) electrons. The topological polar surface area (TPSA) is 147 Å². The summed E-state index contributed by atoms with van der Waals surface area (Å²) in [7, 11) is 0. The minimum Gasteiger partial charge on any atom is -0.383 e. The van der Waals surface area contributed by atoms with E-state index in [1.165, 1.54) is 61.2 Å². The fourth-order valence-electron chi connectivity index (χ4n) is 14.1.